The molecule has 2 aliphatic rings. The van der Waals surface area contributed by atoms with Gasteiger partial charge < -0.3 is 15.7 Å². The molecule has 5 rings (SSSR count). The van der Waals surface area contributed by atoms with Gasteiger partial charge in [-0.3, -0.25) is 19.5 Å². The smallest absolute Gasteiger partial charge is 0.326 e. The fourth-order valence-electron chi connectivity index (χ4n) is 5.32. The monoisotopic (exact) mass is 713 g/mol. The van der Waals surface area contributed by atoms with Gasteiger partial charge in [0.25, 0.3) is 5.91 Å². The maximum Gasteiger partial charge on any atom is 0.326 e. The van der Waals surface area contributed by atoms with Gasteiger partial charge in [0.05, 0.1) is 20.5 Å². The highest BCUT2D eigenvalue weighted by molar-refractivity contribution is 7.89. The Morgan fingerprint density at radius 2 is 1.60 bits per heavy atom. The minimum absolute atomic E-state index is 0.0591. The Kier molecular flexibility index (Phi) is 10.2. The van der Waals surface area contributed by atoms with Crippen LogP contribution in [0.4, 0.5) is 5.69 Å². The molecule has 2 fully saturated rings. The SMILES string of the molecule is O=C(Nc1ccc(C[C@H](NC(=O)[C@@H]2C[C@@H](N3CCC3)CN2S(=O)(=O)c2cc(Cl)cc(Cl)c2)C(=O)O)cc1)c1c(Cl)cncc1Cl. The predicted molar refractivity (Wildman–Crippen MR) is 171 cm³/mol. The van der Waals surface area contributed by atoms with Crippen molar-refractivity contribution in [2.45, 2.75) is 42.3 Å². The Morgan fingerprint density at radius 1 is 0.978 bits per heavy atom. The van der Waals surface area contributed by atoms with Crippen molar-refractivity contribution in [3.8, 4) is 0 Å². The number of pyridine rings is 1. The van der Waals surface area contributed by atoms with Crippen molar-refractivity contribution in [3.63, 3.8) is 0 Å². The molecule has 3 aromatic rings. The molecule has 2 aromatic carbocycles. The lowest BCUT2D eigenvalue weighted by atomic mass is 10.0. The van der Waals surface area contributed by atoms with Crippen LogP contribution in [0, 0.1) is 0 Å². The molecule has 3 N–H and O–H groups in total. The number of hydrogen-bond donors (Lipinski definition) is 3. The summed E-state index contributed by atoms with van der Waals surface area (Å²) in [5.74, 6) is -2.57. The van der Waals surface area contributed by atoms with Gasteiger partial charge in [-0.15, -0.1) is 0 Å². The molecule has 2 saturated heterocycles. The summed E-state index contributed by atoms with van der Waals surface area (Å²) >= 11 is 24.3. The molecule has 16 heteroatoms. The van der Waals surface area contributed by atoms with Crippen LogP contribution in [-0.2, 0) is 26.0 Å². The van der Waals surface area contributed by atoms with E-state index in [0.29, 0.717) is 11.3 Å². The van der Waals surface area contributed by atoms with Gasteiger partial charge in [0, 0.05) is 47.1 Å². The van der Waals surface area contributed by atoms with E-state index in [1.165, 1.54) is 30.6 Å². The maximum atomic E-state index is 13.7. The Labute approximate surface area is 279 Å². The normalized spacial score (nSPS) is 19.5. The molecule has 3 heterocycles. The number of rotatable bonds is 10. The lowest BCUT2D eigenvalue weighted by Crippen LogP contribution is -2.51. The topological polar surface area (TPSA) is 149 Å². The number of aromatic nitrogens is 1. The van der Waals surface area contributed by atoms with Crippen LogP contribution in [0.5, 0.6) is 0 Å². The summed E-state index contributed by atoms with van der Waals surface area (Å²) in [5, 5.41) is 15.6. The van der Waals surface area contributed by atoms with Crippen molar-refractivity contribution < 1.29 is 27.9 Å². The second-order valence-corrected chi connectivity index (χ2v) is 14.3. The van der Waals surface area contributed by atoms with Crippen molar-refractivity contribution in [2.24, 2.45) is 0 Å². The summed E-state index contributed by atoms with van der Waals surface area (Å²) in [6.07, 6.45) is 3.66. The van der Waals surface area contributed by atoms with Crippen molar-refractivity contribution >= 4 is 79.9 Å². The van der Waals surface area contributed by atoms with Crippen molar-refractivity contribution in [2.75, 3.05) is 25.0 Å². The summed E-state index contributed by atoms with van der Waals surface area (Å²) in [6.45, 7) is 1.63. The van der Waals surface area contributed by atoms with Gasteiger partial charge in [-0.1, -0.05) is 58.5 Å². The van der Waals surface area contributed by atoms with Gasteiger partial charge in [0.1, 0.15) is 12.1 Å². The van der Waals surface area contributed by atoms with Crippen molar-refractivity contribution in [1.82, 2.24) is 19.5 Å². The fraction of sp³-hybridized carbons (Fsp3) is 0.310. The van der Waals surface area contributed by atoms with Crippen LogP contribution in [0.3, 0.4) is 0 Å². The molecule has 0 spiro atoms. The van der Waals surface area contributed by atoms with Crippen LogP contribution in [0.1, 0.15) is 28.8 Å². The van der Waals surface area contributed by atoms with Crippen molar-refractivity contribution in [3.05, 3.63) is 86.1 Å². The number of amides is 2. The third-order valence-electron chi connectivity index (χ3n) is 7.73. The zero-order valence-electron chi connectivity index (χ0n) is 23.4. The molecule has 45 heavy (non-hydrogen) atoms. The number of aliphatic carboxylic acids is 1. The molecule has 238 valence electrons. The second kappa shape index (κ2) is 13.8. The van der Waals surface area contributed by atoms with Gasteiger partial charge in [0.2, 0.25) is 15.9 Å². The molecule has 1 aromatic heterocycles. The number of benzene rings is 2. The average Bonchev–Trinajstić information content (AvgIpc) is 3.38. The van der Waals surface area contributed by atoms with Crippen LogP contribution in [-0.4, -0.2) is 83.3 Å². The molecular formula is C29H27Cl4N5O6S. The highest BCUT2D eigenvalue weighted by Crippen LogP contribution is 2.33. The molecule has 0 unspecified atom stereocenters. The number of nitrogens with one attached hydrogen (secondary N) is 2. The number of carbonyl (C=O) groups excluding carboxylic acids is 2. The molecule has 0 bridgehead atoms. The number of anilines is 1. The van der Waals surface area contributed by atoms with E-state index in [4.69, 9.17) is 46.4 Å². The largest absolute Gasteiger partial charge is 0.480 e. The summed E-state index contributed by atoms with van der Waals surface area (Å²) in [5.41, 5.74) is 1.00. The minimum Gasteiger partial charge on any atom is -0.480 e. The van der Waals surface area contributed by atoms with E-state index >= 15 is 0 Å². The first-order chi connectivity index (χ1) is 21.3. The zero-order chi connectivity index (χ0) is 32.5. The first kappa shape index (κ1) is 33.4. The molecule has 3 atom stereocenters. The fourth-order valence-corrected chi connectivity index (χ4v) is 8.22. The average molecular weight is 715 g/mol. The first-order valence-electron chi connectivity index (χ1n) is 13.8. The lowest BCUT2D eigenvalue weighted by Gasteiger charge is -2.36. The van der Waals surface area contributed by atoms with Crippen LogP contribution < -0.4 is 10.6 Å². The van der Waals surface area contributed by atoms with Gasteiger partial charge in [-0.2, -0.15) is 4.31 Å². The molecule has 0 saturated carbocycles. The van der Waals surface area contributed by atoms with E-state index in [1.807, 2.05) is 0 Å². The third kappa shape index (κ3) is 7.54. The van der Waals surface area contributed by atoms with E-state index in [9.17, 15) is 27.9 Å². The highest BCUT2D eigenvalue weighted by atomic mass is 35.5. The number of sulfonamides is 1. The molecule has 2 aliphatic heterocycles. The number of halogens is 4. The summed E-state index contributed by atoms with van der Waals surface area (Å²) in [7, 11) is -4.21. The number of carbonyl (C=O) groups is 3. The number of likely N-dealkylation sites (tertiary alicyclic amines) is 1. The number of hydrogen-bond acceptors (Lipinski definition) is 7. The second-order valence-electron chi connectivity index (χ2n) is 10.7. The van der Waals surface area contributed by atoms with Crippen LogP contribution in [0.2, 0.25) is 20.1 Å². The Balaban J connectivity index is 1.30. The highest BCUT2D eigenvalue weighted by Gasteiger charge is 2.47. The first-order valence-corrected chi connectivity index (χ1v) is 16.7. The molecule has 2 amide bonds. The van der Waals surface area contributed by atoms with Crippen LogP contribution in [0.15, 0.2) is 59.8 Å². The number of nitrogens with zero attached hydrogens (tertiary/aromatic N) is 3. The van der Waals surface area contributed by atoms with Gasteiger partial charge >= 0.3 is 5.97 Å². The molecule has 11 nitrogen and oxygen atoms in total. The maximum absolute atomic E-state index is 13.7. The van der Waals surface area contributed by atoms with E-state index in [1.54, 1.807) is 24.3 Å². The van der Waals surface area contributed by atoms with Crippen LogP contribution in [0.25, 0.3) is 0 Å². The van der Waals surface area contributed by atoms with Crippen LogP contribution >= 0.6 is 46.4 Å². The summed E-state index contributed by atoms with van der Waals surface area (Å²) in [6, 6.07) is 7.55. The summed E-state index contributed by atoms with van der Waals surface area (Å²) < 4.78 is 28.5. The Bertz CT molecular complexity index is 1700. The van der Waals surface area contributed by atoms with E-state index < -0.39 is 39.9 Å². The predicted octanol–water partition coefficient (Wildman–Crippen LogP) is 4.60. The van der Waals surface area contributed by atoms with E-state index in [0.717, 1.165) is 23.8 Å². The Morgan fingerprint density at radius 3 is 2.16 bits per heavy atom. The third-order valence-corrected chi connectivity index (χ3v) is 10.6. The zero-order valence-corrected chi connectivity index (χ0v) is 27.3. The van der Waals surface area contributed by atoms with Gasteiger partial charge in [-0.05, 0) is 61.8 Å². The van der Waals surface area contributed by atoms with E-state index in [-0.39, 0.29) is 56.0 Å². The minimum atomic E-state index is -4.21. The molecular weight excluding hydrogens is 688 g/mol. The number of carboxylic acid groups (broad SMARTS) is 1. The number of carboxylic acids is 1. The van der Waals surface area contributed by atoms with E-state index in [2.05, 4.69) is 20.5 Å². The lowest BCUT2D eigenvalue weighted by molar-refractivity contribution is -0.142. The quantitative estimate of drug-likeness (QED) is 0.276. The molecule has 0 aliphatic carbocycles. The van der Waals surface area contributed by atoms with Gasteiger partial charge in [0.15, 0.2) is 0 Å². The van der Waals surface area contributed by atoms with Gasteiger partial charge in [-0.25, -0.2) is 13.2 Å². The Hall–Kier alpha value is -2.97. The standard InChI is InChI=1S/C29H27Cl4N5O6S/c30-17-9-18(31)11-21(10-17)45(43,44)38-15-20(37-6-1-7-37)12-25(38)27(39)36-24(29(41)42)8-16-2-4-19(5-3-16)35-28(40)26-22(32)13-34-14-23(26)33/h2-5,9-11,13-14,20,24-25H,1,6-8,12,15H2,(H,35,40)(H,36,39)(H,41,42)/t20-,24+,25+/m1/s1. The molecule has 0 radical (unpaired) electrons. The van der Waals surface area contributed by atoms with Crippen molar-refractivity contribution in [1.29, 1.82) is 0 Å². The summed E-state index contributed by atoms with van der Waals surface area (Å²) in [4.78, 5) is 44.2.